The summed E-state index contributed by atoms with van der Waals surface area (Å²) >= 11 is 0. The van der Waals surface area contributed by atoms with Crippen LogP contribution in [0.15, 0.2) is 73.2 Å². The second-order valence-corrected chi connectivity index (χ2v) is 11.1. The number of rotatable bonds is 10. The van der Waals surface area contributed by atoms with Crippen LogP contribution in [0.5, 0.6) is 0 Å². The number of nitrogens with zero attached hydrogens (tertiary/aromatic N) is 5. The van der Waals surface area contributed by atoms with E-state index in [-0.39, 0.29) is 17.9 Å². The predicted molar refractivity (Wildman–Crippen MR) is 149 cm³/mol. The van der Waals surface area contributed by atoms with Crippen molar-refractivity contribution in [2.24, 2.45) is 22.7 Å². The topological polar surface area (TPSA) is 211 Å². The van der Waals surface area contributed by atoms with Crippen LogP contribution < -0.4 is 0 Å². The minimum atomic E-state index is -2.41. The third-order valence-corrected chi connectivity index (χ3v) is 8.67. The predicted octanol–water partition coefficient (Wildman–Crippen LogP) is 1.23. The Morgan fingerprint density at radius 1 is 0.727 bits per heavy atom. The first-order valence-electron chi connectivity index (χ1n) is 13.6. The monoisotopic (exact) mass is 603 g/mol. The largest absolute Gasteiger partial charge is 0.481 e. The van der Waals surface area contributed by atoms with Gasteiger partial charge in [0.05, 0.1) is 40.0 Å². The summed E-state index contributed by atoms with van der Waals surface area (Å²) in [5.74, 6) is -13.3. The van der Waals surface area contributed by atoms with E-state index >= 15 is 4.79 Å². The molecule has 0 radical (unpaired) electrons. The number of ketones is 1. The molecular weight excluding hydrogens is 574 g/mol. The highest BCUT2D eigenvalue weighted by Gasteiger charge is 2.76. The van der Waals surface area contributed by atoms with Crippen LogP contribution >= 0.6 is 0 Å². The van der Waals surface area contributed by atoms with Crippen LogP contribution in [0.3, 0.4) is 0 Å². The lowest BCUT2D eigenvalue weighted by Gasteiger charge is -2.64. The van der Waals surface area contributed by atoms with Crippen LogP contribution in [-0.2, 0) is 30.5 Å². The van der Waals surface area contributed by atoms with Crippen LogP contribution in [0.25, 0.3) is 0 Å². The number of aliphatic carboxylic acids is 4. The van der Waals surface area contributed by atoms with Crippen molar-refractivity contribution in [2.45, 2.75) is 18.6 Å². The van der Waals surface area contributed by atoms with Crippen molar-refractivity contribution < 1.29 is 44.4 Å². The van der Waals surface area contributed by atoms with E-state index in [1.54, 1.807) is 42.5 Å². The molecule has 3 aromatic heterocycles. The SMILES string of the molecule is CN1C(c2ccccn2)C2(C(C(=O)O)C(=O)O)CN(Cc3ccccn3)CC(C(C(=O)O)C(=O)O)(C2=O)C1c1ccccn1. The molecule has 4 N–H and O–H groups in total. The fourth-order valence-corrected chi connectivity index (χ4v) is 7.38. The van der Waals surface area contributed by atoms with E-state index in [1.165, 1.54) is 47.6 Å². The van der Waals surface area contributed by atoms with Crippen LogP contribution in [-0.4, -0.2) is 95.0 Å². The third kappa shape index (κ3) is 4.68. The van der Waals surface area contributed by atoms with Gasteiger partial charge >= 0.3 is 23.9 Å². The average molecular weight is 604 g/mol. The highest BCUT2D eigenvalue weighted by Crippen LogP contribution is 2.64. The number of carboxylic acid groups (broad SMARTS) is 4. The van der Waals surface area contributed by atoms with Gasteiger partial charge < -0.3 is 20.4 Å². The molecule has 2 fully saturated rings. The quantitative estimate of drug-likeness (QED) is 0.240. The molecule has 228 valence electrons. The summed E-state index contributed by atoms with van der Waals surface area (Å²) in [5, 5.41) is 41.7. The number of Topliss-reactive ketones (excluding diaryl/α,β-unsaturated/α-hetero) is 1. The average Bonchev–Trinajstić information content (AvgIpc) is 2.96. The van der Waals surface area contributed by atoms with Crippen molar-refractivity contribution in [3.8, 4) is 0 Å². The molecule has 5 rings (SSSR count). The van der Waals surface area contributed by atoms with Gasteiger partial charge in [0.2, 0.25) is 0 Å². The maximum Gasteiger partial charge on any atom is 0.319 e. The van der Waals surface area contributed by atoms with Crippen molar-refractivity contribution >= 4 is 29.7 Å². The van der Waals surface area contributed by atoms with E-state index in [1.807, 2.05) is 0 Å². The van der Waals surface area contributed by atoms with Gasteiger partial charge in [-0.2, -0.15) is 0 Å². The maximum absolute atomic E-state index is 15.3. The number of hydrogen-bond acceptors (Lipinski definition) is 10. The molecule has 3 aromatic rings. The zero-order valence-corrected chi connectivity index (χ0v) is 23.4. The van der Waals surface area contributed by atoms with Gasteiger partial charge in [-0.25, -0.2) is 0 Å². The third-order valence-electron chi connectivity index (χ3n) is 8.67. The second-order valence-electron chi connectivity index (χ2n) is 11.1. The summed E-state index contributed by atoms with van der Waals surface area (Å²) in [6, 6.07) is 11.7. The molecule has 2 bridgehead atoms. The van der Waals surface area contributed by atoms with Crippen LogP contribution in [0.4, 0.5) is 0 Å². The van der Waals surface area contributed by atoms with Crippen molar-refractivity contribution in [2.75, 3.05) is 20.1 Å². The molecule has 14 heteroatoms. The molecule has 44 heavy (non-hydrogen) atoms. The van der Waals surface area contributed by atoms with Crippen molar-refractivity contribution in [3.05, 3.63) is 90.3 Å². The van der Waals surface area contributed by atoms with Crippen molar-refractivity contribution in [1.29, 1.82) is 0 Å². The Balaban J connectivity index is 1.92. The Labute approximate surface area is 250 Å². The fourth-order valence-electron chi connectivity index (χ4n) is 7.38. The van der Waals surface area contributed by atoms with Crippen LogP contribution in [0, 0.1) is 22.7 Å². The summed E-state index contributed by atoms with van der Waals surface area (Å²) in [6.07, 6.45) is 4.31. The van der Waals surface area contributed by atoms with E-state index in [0.717, 1.165) is 0 Å². The van der Waals surface area contributed by atoms with E-state index in [0.29, 0.717) is 5.69 Å². The van der Waals surface area contributed by atoms with Gasteiger partial charge in [-0.1, -0.05) is 18.2 Å². The molecule has 4 unspecified atom stereocenters. The van der Waals surface area contributed by atoms with E-state index in [9.17, 15) is 39.6 Å². The van der Waals surface area contributed by atoms with Crippen molar-refractivity contribution in [1.82, 2.24) is 24.8 Å². The van der Waals surface area contributed by atoms with Crippen LogP contribution in [0.2, 0.25) is 0 Å². The van der Waals surface area contributed by atoms with Gasteiger partial charge in [-0.05, 0) is 43.4 Å². The molecule has 0 spiro atoms. The molecule has 0 saturated carbocycles. The van der Waals surface area contributed by atoms with E-state index in [2.05, 4.69) is 15.0 Å². The normalized spacial score (nSPS) is 25.6. The molecule has 14 nitrogen and oxygen atoms in total. The Hall–Kier alpha value is -5.08. The van der Waals surface area contributed by atoms with Crippen LogP contribution in [0.1, 0.15) is 29.2 Å². The lowest BCUT2D eigenvalue weighted by Crippen LogP contribution is -2.76. The summed E-state index contributed by atoms with van der Waals surface area (Å²) in [6.45, 7) is -1.01. The number of hydrogen-bond donors (Lipinski definition) is 4. The molecule has 2 saturated heterocycles. The molecule has 0 aliphatic carbocycles. The lowest BCUT2D eigenvalue weighted by molar-refractivity contribution is -0.213. The first-order valence-corrected chi connectivity index (χ1v) is 13.6. The molecule has 0 aromatic carbocycles. The van der Waals surface area contributed by atoms with Gasteiger partial charge in [0.15, 0.2) is 17.6 Å². The van der Waals surface area contributed by atoms with Crippen molar-refractivity contribution in [3.63, 3.8) is 0 Å². The number of carbonyl (C=O) groups excluding carboxylic acids is 1. The van der Waals surface area contributed by atoms with Gasteiger partial charge in [0.25, 0.3) is 0 Å². The molecule has 2 aliphatic heterocycles. The van der Waals surface area contributed by atoms with Gasteiger partial charge in [0.1, 0.15) is 0 Å². The summed E-state index contributed by atoms with van der Waals surface area (Å²) < 4.78 is 0. The van der Waals surface area contributed by atoms with E-state index < -0.39 is 77.5 Å². The zero-order chi connectivity index (χ0) is 31.8. The Kier molecular flexibility index (Phi) is 7.97. The van der Waals surface area contributed by atoms with Gasteiger partial charge in [-0.3, -0.25) is 48.7 Å². The Bertz CT molecular complexity index is 1470. The maximum atomic E-state index is 15.3. The molecule has 2 aliphatic rings. The summed E-state index contributed by atoms with van der Waals surface area (Å²) in [7, 11) is 1.48. The highest BCUT2D eigenvalue weighted by molar-refractivity contribution is 6.09. The number of carboxylic acids is 4. The number of piperidine rings is 2. The lowest BCUT2D eigenvalue weighted by atomic mass is 9.48. The van der Waals surface area contributed by atoms with E-state index in [4.69, 9.17) is 0 Å². The summed E-state index contributed by atoms with van der Waals surface area (Å²) in [4.78, 5) is 82.9. The number of aromatic nitrogens is 3. The molecule has 4 atom stereocenters. The number of pyridine rings is 3. The Morgan fingerprint density at radius 3 is 1.48 bits per heavy atom. The second kappa shape index (κ2) is 11.5. The standard InChI is InChI=1S/C30H29N5O9/c1-34-22(18-9-3-6-12-32-18)29(20(24(36)37)25(38)39)15-35(14-17-8-2-5-11-31-17)16-30(28(29)44,21(26(40)41)27(42)43)23(34)19-10-4-7-13-33-19/h2-13,20-23H,14-16H2,1H3,(H,36,37)(H,38,39)(H,40,41)(H,42,43). The fraction of sp³-hybridized carbons (Fsp3) is 0.333. The summed E-state index contributed by atoms with van der Waals surface area (Å²) in [5.41, 5.74) is -4.09. The number of carbonyl (C=O) groups is 5. The minimum Gasteiger partial charge on any atom is -0.481 e. The minimum absolute atomic E-state index is 0.0663. The van der Waals surface area contributed by atoms with Gasteiger partial charge in [-0.15, -0.1) is 0 Å². The van der Waals surface area contributed by atoms with Gasteiger partial charge in [0, 0.05) is 38.2 Å². The first kappa shape index (κ1) is 30.4. The smallest absolute Gasteiger partial charge is 0.319 e. The number of likely N-dealkylation sites (tertiary alicyclic amines) is 2. The number of fused-ring (bicyclic) bond motifs is 2. The highest BCUT2D eigenvalue weighted by atomic mass is 16.4. The zero-order valence-electron chi connectivity index (χ0n) is 23.4. The molecular formula is C30H29N5O9. The Morgan fingerprint density at radius 2 is 1.14 bits per heavy atom. The molecule has 5 heterocycles. The first-order chi connectivity index (χ1) is 21.0. The molecule has 0 amide bonds.